The van der Waals surface area contributed by atoms with E-state index in [4.69, 9.17) is 4.42 Å². The Labute approximate surface area is 332 Å². The number of benzene rings is 9. The predicted octanol–water partition coefficient (Wildman–Crippen LogP) is 14.8. The van der Waals surface area contributed by atoms with Gasteiger partial charge in [-0.15, -0.1) is 0 Å². The summed E-state index contributed by atoms with van der Waals surface area (Å²) in [5.74, 6) is 0. The SMILES string of the molecule is c1ccc(-c2ccc(N(c3ccc(-c4ccccc4)cc3)c3cccc4oc5cc6c(cc5c34)-c3ccccc3C6(c3ccccc3)c3ccccc3)cc2)cc1. The zero-order chi connectivity index (χ0) is 37.8. The second-order valence-corrected chi connectivity index (χ2v) is 14.8. The van der Waals surface area contributed by atoms with Crippen molar-refractivity contribution >= 4 is 39.0 Å². The van der Waals surface area contributed by atoms with Gasteiger partial charge < -0.3 is 9.32 Å². The van der Waals surface area contributed by atoms with Gasteiger partial charge in [0.2, 0.25) is 0 Å². The highest BCUT2D eigenvalue weighted by atomic mass is 16.3. The van der Waals surface area contributed by atoms with Gasteiger partial charge in [-0.2, -0.15) is 0 Å². The maximum Gasteiger partial charge on any atom is 0.137 e. The molecule has 10 aromatic rings. The number of furan rings is 1. The van der Waals surface area contributed by atoms with Gasteiger partial charge in [0.05, 0.1) is 16.5 Å². The Balaban J connectivity index is 1.14. The van der Waals surface area contributed by atoms with Crippen LogP contribution in [0.25, 0.3) is 55.3 Å². The highest BCUT2D eigenvalue weighted by Crippen LogP contribution is 2.57. The number of fused-ring (bicyclic) bond motifs is 6. The van der Waals surface area contributed by atoms with Crippen LogP contribution < -0.4 is 4.90 Å². The molecule has 0 unspecified atom stereocenters. The fraction of sp³-hybridized carbons (Fsp3) is 0.0182. The summed E-state index contributed by atoms with van der Waals surface area (Å²) in [4.78, 5) is 2.38. The zero-order valence-corrected chi connectivity index (χ0v) is 31.2. The van der Waals surface area contributed by atoms with E-state index in [2.05, 4.69) is 229 Å². The van der Waals surface area contributed by atoms with E-state index >= 15 is 0 Å². The Morgan fingerprint density at radius 3 is 1.40 bits per heavy atom. The molecular weight excluding hydrogens is 691 g/mol. The standard InChI is InChI=1S/C55H37NO/c1-5-16-38(17-6-1)40-28-32-44(33-29-40)56(45-34-30-41(31-35-45)39-18-7-2-8-19-39)51-26-15-27-52-54(51)48-36-47-46-24-13-14-25-49(46)55(42-20-9-3-10-21-42,43-22-11-4-12-23-43)50(47)37-53(48)57-52/h1-37H. The summed E-state index contributed by atoms with van der Waals surface area (Å²) in [6, 6.07) is 80.9. The van der Waals surface area contributed by atoms with E-state index in [1.165, 1.54) is 55.6 Å². The van der Waals surface area contributed by atoms with Crippen molar-refractivity contribution in [2.45, 2.75) is 5.41 Å². The van der Waals surface area contributed by atoms with E-state index in [-0.39, 0.29) is 0 Å². The molecule has 57 heavy (non-hydrogen) atoms. The fourth-order valence-corrected chi connectivity index (χ4v) is 9.22. The van der Waals surface area contributed by atoms with Gasteiger partial charge in [0.15, 0.2) is 0 Å². The van der Waals surface area contributed by atoms with E-state index in [1.54, 1.807) is 0 Å². The predicted molar refractivity (Wildman–Crippen MR) is 237 cm³/mol. The van der Waals surface area contributed by atoms with E-state index in [9.17, 15) is 0 Å². The van der Waals surface area contributed by atoms with E-state index in [1.807, 2.05) is 0 Å². The van der Waals surface area contributed by atoms with Crippen LogP contribution in [0.3, 0.4) is 0 Å². The second kappa shape index (κ2) is 13.4. The molecule has 0 radical (unpaired) electrons. The molecule has 0 saturated carbocycles. The van der Waals surface area contributed by atoms with Gasteiger partial charge in [-0.1, -0.05) is 176 Å². The van der Waals surface area contributed by atoms with Crippen LogP contribution in [0.1, 0.15) is 22.3 Å². The van der Waals surface area contributed by atoms with Gasteiger partial charge in [0, 0.05) is 16.8 Å². The molecule has 9 aromatic carbocycles. The molecule has 1 aliphatic carbocycles. The Morgan fingerprint density at radius 1 is 0.351 bits per heavy atom. The van der Waals surface area contributed by atoms with Gasteiger partial charge in [-0.3, -0.25) is 0 Å². The van der Waals surface area contributed by atoms with Crippen LogP contribution in [0.5, 0.6) is 0 Å². The van der Waals surface area contributed by atoms with Crippen LogP contribution in [0.4, 0.5) is 17.1 Å². The lowest BCUT2D eigenvalue weighted by Crippen LogP contribution is -2.28. The summed E-state index contributed by atoms with van der Waals surface area (Å²) < 4.78 is 6.93. The lowest BCUT2D eigenvalue weighted by molar-refractivity contribution is 0.666. The van der Waals surface area contributed by atoms with Crippen LogP contribution in [-0.4, -0.2) is 0 Å². The van der Waals surface area contributed by atoms with Crippen molar-refractivity contribution in [2.24, 2.45) is 0 Å². The molecule has 1 aromatic heterocycles. The summed E-state index contributed by atoms with van der Waals surface area (Å²) in [6.45, 7) is 0. The molecule has 0 amide bonds. The number of hydrogen-bond acceptors (Lipinski definition) is 2. The third kappa shape index (κ3) is 5.26. The quantitative estimate of drug-likeness (QED) is 0.163. The average Bonchev–Trinajstić information content (AvgIpc) is 3.81. The van der Waals surface area contributed by atoms with Crippen molar-refractivity contribution in [3.63, 3.8) is 0 Å². The molecule has 1 heterocycles. The first-order chi connectivity index (χ1) is 28.3. The van der Waals surface area contributed by atoms with Crippen LogP contribution in [0.2, 0.25) is 0 Å². The number of hydrogen-bond donors (Lipinski definition) is 0. The highest BCUT2D eigenvalue weighted by Gasteiger charge is 2.46. The first-order valence-corrected chi connectivity index (χ1v) is 19.6. The minimum absolute atomic E-state index is 0.503. The molecule has 0 bridgehead atoms. The van der Waals surface area contributed by atoms with E-state index in [0.717, 1.165) is 39.0 Å². The third-order valence-corrected chi connectivity index (χ3v) is 11.8. The summed E-state index contributed by atoms with van der Waals surface area (Å²) in [5, 5.41) is 2.18. The molecule has 2 nitrogen and oxygen atoms in total. The normalized spacial score (nSPS) is 12.7. The topological polar surface area (TPSA) is 16.4 Å². The van der Waals surface area contributed by atoms with Crippen LogP contribution >= 0.6 is 0 Å². The number of rotatable bonds is 7. The number of nitrogens with zero attached hydrogens (tertiary/aromatic N) is 1. The van der Waals surface area contributed by atoms with Gasteiger partial charge in [-0.25, -0.2) is 0 Å². The fourth-order valence-electron chi connectivity index (χ4n) is 9.22. The largest absolute Gasteiger partial charge is 0.456 e. The van der Waals surface area contributed by atoms with Crippen LogP contribution in [0, 0.1) is 0 Å². The summed E-state index contributed by atoms with van der Waals surface area (Å²) in [6.07, 6.45) is 0. The molecule has 2 heteroatoms. The summed E-state index contributed by atoms with van der Waals surface area (Å²) in [7, 11) is 0. The van der Waals surface area contributed by atoms with E-state index in [0.29, 0.717) is 0 Å². The Morgan fingerprint density at radius 2 is 0.842 bits per heavy atom. The highest BCUT2D eigenvalue weighted by molar-refractivity contribution is 6.15. The Bertz CT molecular complexity index is 2900. The van der Waals surface area contributed by atoms with Gasteiger partial charge in [0.25, 0.3) is 0 Å². The molecule has 0 saturated heterocycles. The van der Waals surface area contributed by atoms with Gasteiger partial charge in [0.1, 0.15) is 11.2 Å². The molecule has 1 aliphatic rings. The minimum Gasteiger partial charge on any atom is -0.456 e. The van der Waals surface area contributed by atoms with Crippen molar-refractivity contribution in [3.05, 3.63) is 247 Å². The molecule has 0 fully saturated rings. The first kappa shape index (κ1) is 33.0. The maximum atomic E-state index is 6.93. The molecule has 268 valence electrons. The monoisotopic (exact) mass is 727 g/mol. The Kier molecular flexibility index (Phi) is 7.75. The minimum atomic E-state index is -0.503. The molecular formula is C55H37NO. The van der Waals surface area contributed by atoms with Crippen molar-refractivity contribution in [1.82, 2.24) is 0 Å². The smallest absolute Gasteiger partial charge is 0.137 e. The lowest BCUT2D eigenvalue weighted by atomic mass is 9.67. The molecule has 11 rings (SSSR count). The summed E-state index contributed by atoms with van der Waals surface area (Å²) in [5.41, 5.74) is 16.7. The van der Waals surface area contributed by atoms with Crippen LogP contribution in [-0.2, 0) is 5.41 Å². The Hall–Kier alpha value is -7.42. The molecule has 0 aliphatic heterocycles. The average molecular weight is 728 g/mol. The summed E-state index contributed by atoms with van der Waals surface area (Å²) >= 11 is 0. The van der Waals surface area contributed by atoms with Gasteiger partial charge in [-0.05, 0) is 104 Å². The first-order valence-electron chi connectivity index (χ1n) is 19.6. The van der Waals surface area contributed by atoms with Crippen molar-refractivity contribution < 1.29 is 4.42 Å². The van der Waals surface area contributed by atoms with Gasteiger partial charge >= 0.3 is 0 Å². The second-order valence-electron chi connectivity index (χ2n) is 14.8. The third-order valence-electron chi connectivity index (χ3n) is 11.8. The number of anilines is 3. The maximum absolute atomic E-state index is 6.93. The van der Waals surface area contributed by atoms with Crippen molar-refractivity contribution in [3.8, 4) is 33.4 Å². The van der Waals surface area contributed by atoms with E-state index < -0.39 is 5.41 Å². The molecule has 0 N–H and O–H groups in total. The van der Waals surface area contributed by atoms with Crippen molar-refractivity contribution in [2.75, 3.05) is 4.90 Å². The lowest BCUT2D eigenvalue weighted by Gasteiger charge is -2.33. The zero-order valence-electron chi connectivity index (χ0n) is 31.2. The molecule has 0 atom stereocenters. The van der Waals surface area contributed by atoms with Crippen molar-refractivity contribution in [1.29, 1.82) is 0 Å². The van der Waals surface area contributed by atoms with Crippen LogP contribution in [0.15, 0.2) is 229 Å². The molecule has 0 spiro atoms.